The van der Waals surface area contributed by atoms with Gasteiger partial charge in [-0.05, 0) is 104 Å². The predicted molar refractivity (Wildman–Crippen MR) is 133 cm³/mol. The first kappa shape index (κ1) is 22.2. The summed E-state index contributed by atoms with van der Waals surface area (Å²) in [5.41, 5.74) is 3.56. The Kier molecular flexibility index (Phi) is 5.60. The first-order valence-corrected chi connectivity index (χ1v) is 13.7. The summed E-state index contributed by atoms with van der Waals surface area (Å²) in [6.45, 7) is 3.80. The van der Waals surface area contributed by atoms with Crippen LogP contribution in [0.1, 0.15) is 54.4 Å². The Morgan fingerprint density at radius 1 is 1.00 bits per heavy atom. The normalized spacial score (nSPS) is 27.8. The third-order valence-electron chi connectivity index (χ3n) is 7.91. The first-order valence-electron chi connectivity index (χ1n) is 11.9. The number of nitrogens with one attached hydrogen (secondary N) is 1. The van der Waals surface area contributed by atoms with E-state index in [9.17, 15) is 13.2 Å². The van der Waals surface area contributed by atoms with Gasteiger partial charge in [-0.2, -0.15) is 0 Å². The van der Waals surface area contributed by atoms with Crippen LogP contribution in [0.5, 0.6) is 0 Å². The standard InChI is InChI=1S/C27H32N2O3S/c1-3-12-29(33(2,31)32)25-10-4-22(5-11-25)26(30)28-24-8-6-23(7-9-24)27-16-19-13-20(17-27)15-21(14-19)18-27/h3-11,19-21H,1,12-18H2,2H3,(H,28,30). The third kappa shape index (κ3) is 4.33. The fourth-order valence-corrected chi connectivity index (χ4v) is 7.78. The number of rotatable bonds is 7. The number of nitrogens with zero attached hydrogens (tertiary/aromatic N) is 1. The highest BCUT2D eigenvalue weighted by Crippen LogP contribution is 2.60. The van der Waals surface area contributed by atoms with Crippen LogP contribution in [-0.2, 0) is 15.4 Å². The topological polar surface area (TPSA) is 66.5 Å². The number of hydrogen-bond acceptors (Lipinski definition) is 3. The second-order valence-corrected chi connectivity index (χ2v) is 12.3. The molecule has 0 unspecified atom stereocenters. The molecule has 2 aromatic carbocycles. The van der Waals surface area contributed by atoms with Crippen LogP contribution in [-0.4, -0.2) is 27.1 Å². The maximum atomic E-state index is 12.8. The number of sulfonamides is 1. The number of hydrogen-bond donors (Lipinski definition) is 1. The smallest absolute Gasteiger partial charge is 0.255 e. The van der Waals surface area contributed by atoms with E-state index in [1.165, 1.54) is 54.5 Å². The van der Waals surface area contributed by atoms with Gasteiger partial charge in [0.15, 0.2) is 0 Å². The van der Waals surface area contributed by atoms with Gasteiger partial charge in [-0.15, -0.1) is 6.58 Å². The summed E-state index contributed by atoms with van der Waals surface area (Å²) in [4.78, 5) is 12.8. The second-order valence-electron chi connectivity index (χ2n) is 10.4. The van der Waals surface area contributed by atoms with E-state index >= 15 is 0 Å². The van der Waals surface area contributed by atoms with Gasteiger partial charge in [0.25, 0.3) is 5.91 Å². The van der Waals surface area contributed by atoms with Crippen molar-refractivity contribution in [1.29, 1.82) is 0 Å². The Morgan fingerprint density at radius 3 is 2.03 bits per heavy atom. The molecule has 0 atom stereocenters. The average Bonchev–Trinajstić information content (AvgIpc) is 2.76. The molecule has 33 heavy (non-hydrogen) atoms. The summed E-state index contributed by atoms with van der Waals surface area (Å²) >= 11 is 0. The van der Waals surface area contributed by atoms with Crippen LogP contribution < -0.4 is 9.62 Å². The van der Waals surface area contributed by atoms with Crippen LogP contribution in [0.3, 0.4) is 0 Å². The minimum Gasteiger partial charge on any atom is -0.322 e. The number of amides is 1. The monoisotopic (exact) mass is 464 g/mol. The highest BCUT2D eigenvalue weighted by atomic mass is 32.2. The SMILES string of the molecule is C=CCN(c1ccc(C(=O)Nc2ccc(C34CC5CC(CC(C5)C3)C4)cc2)cc1)S(C)(=O)=O. The molecule has 4 aliphatic rings. The summed E-state index contributed by atoms with van der Waals surface area (Å²) in [5.74, 6) is 2.51. The predicted octanol–water partition coefficient (Wildman–Crippen LogP) is 5.36. The van der Waals surface area contributed by atoms with Gasteiger partial charge < -0.3 is 5.32 Å². The van der Waals surface area contributed by atoms with Crippen LogP contribution >= 0.6 is 0 Å². The van der Waals surface area contributed by atoms with Gasteiger partial charge in [0.05, 0.1) is 18.5 Å². The van der Waals surface area contributed by atoms with Crippen LogP contribution in [0.15, 0.2) is 61.2 Å². The van der Waals surface area contributed by atoms with Crippen molar-refractivity contribution in [2.45, 2.75) is 43.9 Å². The molecule has 1 amide bonds. The van der Waals surface area contributed by atoms with E-state index in [1.54, 1.807) is 24.3 Å². The average molecular weight is 465 g/mol. The van der Waals surface area contributed by atoms with E-state index in [1.807, 2.05) is 12.1 Å². The fourth-order valence-electron chi connectivity index (χ4n) is 6.90. The second kappa shape index (κ2) is 8.32. The van der Waals surface area contributed by atoms with E-state index < -0.39 is 10.0 Å². The Labute approximate surface area is 196 Å². The highest BCUT2D eigenvalue weighted by Gasteiger charge is 2.51. The fraction of sp³-hybridized carbons (Fsp3) is 0.444. The lowest BCUT2D eigenvalue weighted by molar-refractivity contribution is -0.00518. The molecule has 0 heterocycles. The van der Waals surface area contributed by atoms with Gasteiger partial charge in [0.2, 0.25) is 10.0 Å². The van der Waals surface area contributed by atoms with Gasteiger partial charge in [0.1, 0.15) is 0 Å². The summed E-state index contributed by atoms with van der Waals surface area (Å²) in [7, 11) is -3.42. The number of carbonyl (C=O) groups is 1. The van der Waals surface area contributed by atoms with Crippen molar-refractivity contribution in [3.05, 3.63) is 72.3 Å². The molecule has 0 aromatic heterocycles. The summed E-state index contributed by atoms with van der Waals surface area (Å²) in [6.07, 6.45) is 11.0. The zero-order chi connectivity index (χ0) is 23.2. The van der Waals surface area contributed by atoms with Crippen molar-refractivity contribution in [1.82, 2.24) is 0 Å². The van der Waals surface area contributed by atoms with E-state index in [-0.39, 0.29) is 12.5 Å². The summed E-state index contributed by atoms with van der Waals surface area (Å²) in [5, 5.41) is 2.98. The lowest BCUT2D eigenvalue weighted by Crippen LogP contribution is -2.48. The van der Waals surface area contributed by atoms with Gasteiger partial charge in [-0.25, -0.2) is 8.42 Å². The Balaban J connectivity index is 1.27. The van der Waals surface area contributed by atoms with Gasteiger partial charge >= 0.3 is 0 Å². The maximum Gasteiger partial charge on any atom is 0.255 e. The largest absolute Gasteiger partial charge is 0.322 e. The van der Waals surface area contributed by atoms with E-state index in [4.69, 9.17) is 0 Å². The van der Waals surface area contributed by atoms with Gasteiger partial charge in [-0.3, -0.25) is 9.10 Å². The molecule has 174 valence electrons. The molecule has 6 heteroatoms. The molecule has 4 fully saturated rings. The summed E-state index contributed by atoms with van der Waals surface area (Å²) in [6, 6.07) is 15.1. The van der Waals surface area contributed by atoms with Gasteiger partial charge in [0, 0.05) is 11.3 Å². The van der Waals surface area contributed by atoms with Crippen molar-refractivity contribution >= 4 is 27.3 Å². The molecule has 5 nitrogen and oxygen atoms in total. The minimum absolute atomic E-state index is 0.181. The molecule has 4 bridgehead atoms. The molecule has 4 aliphatic carbocycles. The molecule has 0 saturated heterocycles. The van der Waals surface area contributed by atoms with Crippen molar-refractivity contribution in [2.24, 2.45) is 17.8 Å². The minimum atomic E-state index is -3.42. The number of carbonyl (C=O) groups excluding carboxylic acids is 1. The van der Waals surface area contributed by atoms with Crippen molar-refractivity contribution < 1.29 is 13.2 Å². The van der Waals surface area contributed by atoms with Gasteiger partial charge in [-0.1, -0.05) is 18.2 Å². The quantitative estimate of drug-likeness (QED) is 0.561. The number of anilines is 2. The highest BCUT2D eigenvalue weighted by molar-refractivity contribution is 7.92. The zero-order valence-electron chi connectivity index (χ0n) is 19.2. The molecule has 0 aliphatic heterocycles. The van der Waals surface area contributed by atoms with E-state index in [0.29, 0.717) is 16.7 Å². The summed E-state index contributed by atoms with van der Waals surface area (Å²) < 4.78 is 25.3. The molecule has 1 N–H and O–H groups in total. The van der Waals surface area contributed by atoms with E-state index in [0.717, 1.165) is 29.7 Å². The molecule has 6 rings (SSSR count). The van der Waals surface area contributed by atoms with Crippen LogP contribution in [0.4, 0.5) is 11.4 Å². The molecular weight excluding hydrogens is 432 g/mol. The molecule has 2 aromatic rings. The van der Waals surface area contributed by atoms with Crippen molar-refractivity contribution in [3.63, 3.8) is 0 Å². The maximum absolute atomic E-state index is 12.8. The lowest BCUT2D eigenvalue weighted by atomic mass is 9.48. The third-order valence-corrected chi connectivity index (χ3v) is 9.07. The Hall–Kier alpha value is -2.60. The Bertz CT molecular complexity index is 1120. The first-order chi connectivity index (χ1) is 15.8. The molecule has 4 saturated carbocycles. The van der Waals surface area contributed by atoms with Crippen LogP contribution in [0, 0.1) is 17.8 Å². The molecular formula is C27H32N2O3S. The Morgan fingerprint density at radius 2 is 1.55 bits per heavy atom. The molecule has 0 spiro atoms. The van der Waals surface area contributed by atoms with Crippen molar-refractivity contribution in [3.8, 4) is 0 Å². The lowest BCUT2D eigenvalue weighted by Gasteiger charge is -2.57. The van der Waals surface area contributed by atoms with E-state index in [2.05, 4.69) is 24.0 Å². The molecule has 0 radical (unpaired) electrons. The van der Waals surface area contributed by atoms with Crippen LogP contribution in [0.2, 0.25) is 0 Å². The zero-order valence-corrected chi connectivity index (χ0v) is 20.0. The number of benzene rings is 2. The van der Waals surface area contributed by atoms with Crippen molar-refractivity contribution in [2.75, 3.05) is 22.4 Å². The van der Waals surface area contributed by atoms with Crippen LogP contribution in [0.25, 0.3) is 0 Å².